The first-order valence-electron chi connectivity index (χ1n) is 4.97. The third kappa shape index (κ3) is 2.62. The standard InChI is InChI=1S/C10H14ClN3S/c1-14-4-5-15-7-9(14)10-12-3-2-8(6-11)13-10/h2-3,9H,4-7H2,1H3. The highest BCUT2D eigenvalue weighted by molar-refractivity contribution is 7.99. The molecule has 0 aromatic carbocycles. The first kappa shape index (κ1) is 11.2. The molecule has 1 atom stereocenters. The van der Waals surface area contributed by atoms with E-state index in [9.17, 15) is 0 Å². The predicted molar refractivity (Wildman–Crippen MR) is 64.3 cm³/mol. The lowest BCUT2D eigenvalue weighted by molar-refractivity contribution is 0.264. The van der Waals surface area contributed by atoms with Crippen LogP contribution in [0.4, 0.5) is 0 Å². The Morgan fingerprint density at radius 3 is 3.27 bits per heavy atom. The van der Waals surface area contributed by atoms with Gasteiger partial charge in [0, 0.05) is 24.2 Å². The van der Waals surface area contributed by atoms with E-state index in [0.29, 0.717) is 11.9 Å². The zero-order valence-electron chi connectivity index (χ0n) is 8.69. The van der Waals surface area contributed by atoms with E-state index in [-0.39, 0.29) is 0 Å². The van der Waals surface area contributed by atoms with E-state index in [1.807, 2.05) is 17.8 Å². The van der Waals surface area contributed by atoms with Crippen LogP contribution in [0.15, 0.2) is 12.3 Å². The van der Waals surface area contributed by atoms with Crippen molar-refractivity contribution >= 4 is 23.4 Å². The molecular formula is C10H14ClN3S. The summed E-state index contributed by atoms with van der Waals surface area (Å²) in [5, 5.41) is 0. The van der Waals surface area contributed by atoms with Crippen LogP contribution in [0.2, 0.25) is 0 Å². The molecular weight excluding hydrogens is 230 g/mol. The van der Waals surface area contributed by atoms with Crippen LogP contribution in [0.5, 0.6) is 0 Å². The van der Waals surface area contributed by atoms with Gasteiger partial charge in [-0.1, -0.05) is 0 Å². The van der Waals surface area contributed by atoms with Gasteiger partial charge in [-0.2, -0.15) is 11.8 Å². The number of nitrogens with zero attached hydrogens (tertiary/aromatic N) is 3. The molecule has 0 spiro atoms. The molecule has 1 aromatic rings. The average molecular weight is 244 g/mol. The Kier molecular flexibility index (Phi) is 3.83. The lowest BCUT2D eigenvalue weighted by Gasteiger charge is -2.30. The number of aromatic nitrogens is 2. The summed E-state index contributed by atoms with van der Waals surface area (Å²) in [7, 11) is 2.13. The van der Waals surface area contributed by atoms with Crippen molar-refractivity contribution in [2.24, 2.45) is 0 Å². The van der Waals surface area contributed by atoms with Gasteiger partial charge in [0.2, 0.25) is 0 Å². The molecule has 0 radical (unpaired) electrons. The first-order valence-corrected chi connectivity index (χ1v) is 6.66. The lowest BCUT2D eigenvalue weighted by Crippen LogP contribution is -2.33. The van der Waals surface area contributed by atoms with E-state index in [0.717, 1.165) is 23.8 Å². The van der Waals surface area contributed by atoms with Crippen molar-refractivity contribution in [2.75, 3.05) is 25.1 Å². The monoisotopic (exact) mass is 243 g/mol. The topological polar surface area (TPSA) is 29.0 Å². The van der Waals surface area contributed by atoms with Gasteiger partial charge >= 0.3 is 0 Å². The van der Waals surface area contributed by atoms with Crippen LogP contribution in [-0.2, 0) is 5.88 Å². The molecule has 0 saturated carbocycles. The number of rotatable bonds is 2. The maximum absolute atomic E-state index is 5.77. The summed E-state index contributed by atoms with van der Waals surface area (Å²) in [5.74, 6) is 3.63. The van der Waals surface area contributed by atoms with Crippen LogP contribution in [0.3, 0.4) is 0 Å². The third-order valence-corrected chi connectivity index (χ3v) is 3.86. The van der Waals surface area contributed by atoms with Gasteiger partial charge in [0.1, 0.15) is 5.82 Å². The van der Waals surface area contributed by atoms with Gasteiger partial charge in [0.25, 0.3) is 0 Å². The highest BCUT2D eigenvalue weighted by Gasteiger charge is 2.23. The van der Waals surface area contributed by atoms with E-state index in [1.54, 1.807) is 6.20 Å². The SMILES string of the molecule is CN1CCSCC1c1nccc(CCl)n1. The third-order valence-electron chi connectivity index (χ3n) is 2.56. The second-order valence-corrected chi connectivity index (χ2v) is 5.03. The molecule has 1 saturated heterocycles. The van der Waals surface area contributed by atoms with Crippen LogP contribution in [-0.4, -0.2) is 40.0 Å². The number of alkyl halides is 1. The van der Waals surface area contributed by atoms with Gasteiger partial charge in [0.05, 0.1) is 17.6 Å². The van der Waals surface area contributed by atoms with Crippen LogP contribution in [0.1, 0.15) is 17.6 Å². The van der Waals surface area contributed by atoms with Gasteiger partial charge in [-0.3, -0.25) is 4.90 Å². The fourth-order valence-corrected chi connectivity index (χ4v) is 2.97. The summed E-state index contributed by atoms with van der Waals surface area (Å²) >= 11 is 7.73. The second-order valence-electron chi connectivity index (χ2n) is 3.61. The molecule has 82 valence electrons. The molecule has 0 aliphatic carbocycles. The highest BCUT2D eigenvalue weighted by atomic mass is 35.5. The Labute approximate surface area is 99.2 Å². The number of hydrogen-bond acceptors (Lipinski definition) is 4. The normalized spacial score (nSPS) is 22.9. The maximum atomic E-state index is 5.77. The summed E-state index contributed by atoms with van der Waals surface area (Å²) in [6.07, 6.45) is 1.80. The van der Waals surface area contributed by atoms with Crippen molar-refractivity contribution in [3.63, 3.8) is 0 Å². The number of halogens is 1. The summed E-state index contributed by atoms with van der Waals surface area (Å²) < 4.78 is 0. The Bertz CT molecular complexity index is 334. The molecule has 15 heavy (non-hydrogen) atoms. The first-order chi connectivity index (χ1) is 7.31. The van der Waals surface area contributed by atoms with Crippen LogP contribution in [0.25, 0.3) is 0 Å². The zero-order chi connectivity index (χ0) is 10.7. The van der Waals surface area contributed by atoms with E-state index >= 15 is 0 Å². The molecule has 5 heteroatoms. The quantitative estimate of drug-likeness (QED) is 0.743. The lowest BCUT2D eigenvalue weighted by atomic mass is 10.2. The molecule has 1 fully saturated rings. The van der Waals surface area contributed by atoms with Crippen LogP contribution in [0, 0.1) is 0 Å². The molecule has 1 aromatic heterocycles. The smallest absolute Gasteiger partial charge is 0.146 e. The summed E-state index contributed by atoms with van der Waals surface area (Å²) in [4.78, 5) is 11.1. The van der Waals surface area contributed by atoms with Crippen molar-refractivity contribution < 1.29 is 0 Å². The fraction of sp³-hybridized carbons (Fsp3) is 0.600. The minimum atomic E-state index is 0.340. The van der Waals surface area contributed by atoms with Crippen molar-refractivity contribution in [3.8, 4) is 0 Å². The van der Waals surface area contributed by atoms with Crippen molar-refractivity contribution in [1.82, 2.24) is 14.9 Å². The highest BCUT2D eigenvalue weighted by Crippen LogP contribution is 2.25. The molecule has 2 heterocycles. The maximum Gasteiger partial charge on any atom is 0.146 e. The summed E-state index contributed by atoms with van der Waals surface area (Å²) in [6, 6.07) is 2.21. The van der Waals surface area contributed by atoms with Crippen molar-refractivity contribution in [2.45, 2.75) is 11.9 Å². The van der Waals surface area contributed by atoms with Gasteiger partial charge in [-0.25, -0.2) is 9.97 Å². The molecule has 1 aliphatic rings. The number of hydrogen-bond donors (Lipinski definition) is 0. The molecule has 0 bridgehead atoms. The Morgan fingerprint density at radius 1 is 1.67 bits per heavy atom. The van der Waals surface area contributed by atoms with E-state index < -0.39 is 0 Å². The Balaban J connectivity index is 2.19. The summed E-state index contributed by atoms with van der Waals surface area (Å²) in [5.41, 5.74) is 0.908. The Hall–Kier alpha value is -0.320. The molecule has 1 unspecified atom stereocenters. The average Bonchev–Trinajstić information content (AvgIpc) is 2.30. The van der Waals surface area contributed by atoms with E-state index in [2.05, 4.69) is 21.9 Å². The van der Waals surface area contributed by atoms with Gasteiger partial charge in [-0.15, -0.1) is 11.6 Å². The molecule has 0 amide bonds. The molecule has 0 N–H and O–H groups in total. The molecule has 2 rings (SSSR count). The summed E-state index contributed by atoms with van der Waals surface area (Å²) in [6.45, 7) is 1.10. The van der Waals surface area contributed by atoms with Gasteiger partial charge < -0.3 is 0 Å². The van der Waals surface area contributed by atoms with Gasteiger partial charge in [-0.05, 0) is 13.1 Å². The largest absolute Gasteiger partial charge is 0.295 e. The van der Waals surface area contributed by atoms with Crippen molar-refractivity contribution in [1.29, 1.82) is 0 Å². The van der Waals surface area contributed by atoms with Crippen LogP contribution >= 0.6 is 23.4 Å². The van der Waals surface area contributed by atoms with E-state index in [4.69, 9.17) is 11.6 Å². The van der Waals surface area contributed by atoms with Crippen LogP contribution < -0.4 is 0 Å². The molecule has 3 nitrogen and oxygen atoms in total. The Morgan fingerprint density at radius 2 is 2.53 bits per heavy atom. The number of thioether (sulfide) groups is 1. The minimum Gasteiger partial charge on any atom is -0.295 e. The molecule has 1 aliphatic heterocycles. The zero-order valence-corrected chi connectivity index (χ0v) is 10.3. The predicted octanol–water partition coefficient (Wildman–Crippen LogP) is 1.94. The van der Waals surface area contributed by atoms with E-state index in [1.165, 1.54) is 5.75 Å². The van der Waals surface area contributed by atoms with Crippen molar-refractivity contribution in [3.05, 3.63) is 23.8 Å². The van der Waals surface area contributed by atoms with Gasteiger partial charge in [0.15, 0.2) is 0 Å². The minimum absolute atomic E-state index is 0.340. The fourth-order valence-electron chi connectivity index (χ4n) is 1.61. The second kappa shape index (κ2) is 5.14.